The summed E-state index contributed by atoms with van der Waals surface area (Å²) in [6.45, 7) is 1.74. The van der Waals surface area contributed by atoms with Gasteiger partial charge in [0.05, 0.1) is 16.1 Å². The van der Waals surface area contributed by atoms with Crippen LogP contribution in [0.2, 0.25) is 5.15 Å². The van der Waals surface area contributed by atoms with E-state index in [1.54, 1.807) is 6.92 Å². The van der Waals surface area contributed by atoms with Crippen molar-refractivity contribution < 1.29 is 4.79 Å². The van der Waals surface area contributed by atoms with Gasteiger partial charge in [-0.1, -0.05) is 11.6 Å². The van der Waals surface area contributed by atoms with Crippen LogP contribution in [-0.2, 0) is 0 Å². The van der Waals surface area contributed by atoms with E-state index >= 15 is 0 Å². The maximum atomic E-state index is 11.0. The van der Waals surface area contributed by atoms with E-state index in [1.165, 1.54) is 11.3 Å². The molecule has 0 unspecified atom stereocenters. The maximum Gasteiger partial charge on any atom is 0.155 e. The number of aryl methyl sites for hydroxylation is 1. The van der Waals surface area contributed by atoms with E-state index in [1.807, 2.05) is 11.4 Å². The quantitative estimate of drug-likeness (QED) is 0.626. The van der Waals surface area contributed by atoms with E-state index in [9.17, 15) is 4.79 Å². The van der Waals surface area contributed by atoms with Gasteiger partial charge < -0.3 is 0 Å². The van der Waals surface area contributed by atoms with Gasteiger partial charge in [-0.05, 0) is 34.3 Å². The van der Waals surface area contributed by atoms with Crippen LogP contribution in [0.25, 0.3) is 10.6 Å². The van der Waals surface area contributed by atoms with Crippen molar-refractivity contribution in [2.75, 3.05) is 0 Å². The average Bonchev–Trinajstić information content (AvgIpc) is 2.63. The minimum atomic E-state index is 0.192. The number of halogens is 2. The number of carbonyl (C=O) groups is 1. The van der Waals surface area contributed by atoms with Crippen molar-refractivity contribution in [1.29, 1.82) is 0 Å². The molecule has 16 heavy (non-hydrogen) atoms. The summed E-state index contributed by atoms with van der Waals surface area (Å²) >= 11 is 10.8. The molecule has 2 heterocycles. The molecule has 6 heteroatoms. The van der Waals surface area contributed by atoms with E-state index in [0.717, 1.165) is 9.35 Å². The van der Waals surface area contributed by atoms with E-state index in [4.69, 9.17) is 11.6 Å². The number of hydrogen-bond acceptors (Lipinski definition) is 4. The zero-order chi connectivity index (χ0) is 11.7. The first kappa shape index (κ1) is 11.7. The van der Waals surface area contributed by atoms with Crippen molar-refractivity contribution in [1.82, 2.24) is 9.97 Å². The SMILES string of the molecule is Cc1nc(Cl)c(C=O)c(-c2sccc2Br)n1. The number of aromatic nitrogens is 2. The molecule has 0 N–H and O–H groups in total. The van der Waals surface area contributed by atoms with Gasteiger partial charge in [-0.25, -0.2) is 9.97 Å². The van der Waals surface area contributed by atoms with Crippen LogP contribution in [0.15, 0.2) is 15.9 Å². The number of thiophene rings is 1. The van der Waals surface area contributed by atoms with Crippen LogP contribution in [-0.4, -0.2) is 16.3 Å². The number of hydrogen-bond donors (Lipinski definition) is 0. The zero-order valence-electron chi connectivity index (χ0n) is 8.20. The Labute approximate surface area is 110 Å². The first-order chi connectivity index (χ1) is 7.63. The Morgan fingerprint density at radius 2 is 2.25 bits per heavy atom. The lowest BCUT2D eigenvalue weighted by molar-refractivity contribution is 0.112. The summed E-state index contributed by atoms with van der Waals surface area (Å²) in [4.78, 5) is 20.1. The number of aldehydes is 1. The van der Waals surface area contributed by atoms with Crippen LogP contribution in [0.3, 0.4) is 0 Å². The molecule has 0 radical (unpaired) electrons. The van der Waals surface area contributed by atoms with Gasteiger partial charge in [0.1, 0.15) is 11.0 Å². The van der Waals surface area contributed by atoms with Crippen LogP contribution in [0.1, 0.15) is 16.2 Å². The Kier molecular flexibility index (Phi) is 3.37. The van der Waals surface area contributed by atoms with Gasteiger partial charge in [0.25, 0.3) is 0 Å². The lowest BCUT2D eigenvalue weighted by atomic mass is 10.2. The summed E-state index contributed by atoms with van der Waals surface area (Å²) in [5, 5.41) is 2.11. The third-order valence-corrected chi connectivity index (χ3v) is 4.09. The van der Waals surface area contributed by atoms with Gasteiger partial charge >= 0.3 is 0 Å². The predicted molar refractivity (Wildman–Crippen MR) is 68.2 cm³/mol. The van der Waals surface area contributed by atoms with E-state index in [-0.39, 0.29) is 5.15 Å². The summed E-state index contributed by atoms with van der Waals surface area (Å²) in [5.74, 6) is 0.547. The normalized spacial score (nSPS) is 10.4. The minimum absolute atomic E-state index is 0.192. The maximum absolute atomic E-state index is 11.0. The molecule has 0 aliphatic rings. The fourth-order valence-electron chi connectivity index (χ4n) is 1.29. The largest absolute Gasteiger partial charge is 0.298 e. The zero-order valence-corrected chi connectivity index (χ0v) is 11.4. The molecule has 0 saturated carbocycles. The first-order valence-electron chi connectivity index (χ1n) is 4.36. The number of rotatable bonds is 2. The molecule has 2 aromatic rings. The molecular weight excluding hydrogens is 312 g/mol. The third kappa shape index (κ3) is 2.03. The van der Waals surface area contributed by atoms with Gasteiger partial charge in [0.2, 0.25) is 0 Å². The molecule has 0 aliphatic heterocycles. The van der Waals surface area contributed by atoms with Crippen LogP contribution in [0, 0.1) is 6.92 Å². The smallest absolute Gasteiger partial charge is 0.155 e. The second kappa shape index (κ2) is 4.61. The van der Waals surface area contributed by atoms with Crippen LogP contribution >= 0.6 is 38.9 Å². The highest BCUT2D eigenvalue weighted by Crippen LogP contribution is 2.35. The van der Waals surface area contributed by atoms with Gasteiger partial charge in [-0.3, -0.25) is 4.79 Å². The highest BCUT2D eigenvalue weighted by Gasteiger charge is 2.15. The van der Waals surface area contributed by atoms with Crippen molar-refractivity contribution in [2.24, 2.45) is 0 Å². The molecule has 3 nitrogen and oxygen atoms in total. The van der Waals surface area contributed by atoms with Crippen molar-refractivity contribution in [3.05, 3.63) is 32.5 Å². The highest BCUT2D eigenvalue weighted by molar-refractivity contribution is 9.10. The molecule has 0 aromatic carbocycles. The molecule has 0 spiro atoms. The molecule has 0 atom stereocenters. The predicted octanol–water partition coefficient (Wildman–Crippen LogP) is 3.74. The highest BCUT2D eigenvalue weighted by atomic mass is 79.9. The fourth-order valence-corrected chi connectivity index (χ4v) is 3.11. The standard InChI is InChI=1S/C10H6BrClN2OS/c1-5-13-8(6(4-15)10(12)14-5)9-7(11)2-3-16-9/h2-4H,1H3. The second-order valence-electron chi connectivity index (χ2n) is 3.04. The van der Waals surface area contributed by atoms with E-state index in [2.05, 4.69) is 25.9 Å². The monoisotopic (exact) mass is 316 g/mol. The van der Waals surface area contributed by atoms with Crippen molar-refractivity contribution in [3.63, 3.8) is 0 Å². The second-order valence-corrected chi connectivity index (χ2v) is 5.17. The Morgan fingerprint density at radius 1 is 1.50 bits per heavy atom. The molecule has 0 fully saturated rings. The van der Waals surface area contributed by atoms with Crippen LogP contribution in [0.5, 0.6) is 0 Å². The Balaban J connectivity index is 2.73. The van der Waals surface area contributed by atoms with Gasteiger partial charge in [-0.15, -0.1) is 11.3 Å². The summed E-state index contributed by atoms with van der Waals surface area (Å²) < 4.78 is 0.898. The average molecular weight is 318 g/mol. The molecular formula is C10H6BrClN2OS. The van der Waals surface area contributed by atoms with Gasteiger partial charge in [0.15, 0.2) is 6.29 Å². The summed E-state index contributed by atoms with van der Waals surface area (Å²) in [6.07, 6.45) is 0.684. The molecule has 2 aromatic heterocycles. The van der Waals surface area contributed by atoms with Gasteiger partial charge in [0, 0.05) is 4.47 Å². The third-order valence-electron chi connectivity index (χ3n) is 1.96. The minimum Gasteiger partial charge on any atom is -0.298 e. The molecule has 0 saturated heterocycles. The summed E-state index contributed by atoms with van der Waals surface area (Å²) in [6, 6.07) is 1.90. The first-order valence-corrected chi connectivity index (χ1v) is 6.41. The lowest BCUT2D eigenvalue weighted by Gasteiger charge is -2.05. The molecule has 0 amide bonds. The topological polar surface area (TPSA) is 42.9 Å². The molecule has 0 bridgehead atoms. The Morgan fingerprint density at radius 3 is 2.81 bits per heavy atom. The van der Waals surface area contributed by atoms with Crippen molar-refractivity contribution in [3.8, 4) is 10.6 Å². The van der Waals surface area contributed by atoms with Gasteiger partial charge in [-0.2, -0.15) is 0 Å². The molecule has 0 aliphatic carbocycles. The van der Waals surface area contributed by atoms with Crippen LogP contribution < -0.4 is 0 Å². The number of nitrogens with zero attached hydrogens (tertiary/aromatic N) is 2. The Bertz CT molecular complexity index is 556. The van der Waals surface area contributed by atoms with Crippen LogP contribution in [0.4, 0.5) is 0 Å². The molecule has 82 valence electrons. The summed E-state index contributed by atoms with van der Waals surface area (Å²) in [5.41, 5.74) is 0.907. The van der Waals surface area contributed by atoms with E-state index < -0.39 is 0 Å². The van der Waals surface area contributed by atoms with E-state index in [0.29, 0.717) is 23.4 Å². The fraction of sp³-hybridized carbons (Fsp3) is 0.100. The Hall–Kier alpha value is -0.780. The van der Waals surface area contributed by atoms with Crippen molar-refractivity contribution in [2.45, 2.75) is 6.92 Å². The lowest BCUT2D eigenvalue weighted by Crippen LogP contribution is -1.98. The van der Waals surface area contributed by atoms with Crippen molar-refractivity contribution >= 4 is 45.2 Å². The summed E-state index contributed by atoms with van der Waals surface area (Å²) in [7, 11) is 0. The molecule has 2 rings (SSSR count). The number of carbonyl (C=O) groups excluding carboxylic acids is 1.